The minimum Gasteiger partial charge on any atom is -0.296 e. The largest absolute Gasteiger partial charge is 0.296 e. The van der Waals surface area contributed by atoms with Crippen molar-refractivity contribution in [2.75, 3.05) is 0 Å². The van der Waals surface area contributed by atoms with Crippen molar-refractivity contribution in [1.29, 1.82) is 0 Å². The van der Waals surface area contributed by atoms with Crippen LogP contribution < -0.4 is 5.56 Å². The third kappa shape index (κ3) is 1.50. The average molecular weight is 204 g/mol. The Morgan fingerprint density at radius 2 is 1.93 bits per heavy atom. The van der Waals surface area contributed by atoms with Gasteiger partial charge in [-0.15, -0.1) is 0 Å². The van der Waals surface area contributed by atoms with Crippen LogP contribution in [0.25, 0.3) is 0 Å². The molecule has 3 rings (SSSR count). The number of nitrogens with zero attached hydrogens (tertiary/aromatic N) is 2. The molecule has 0 bridgehead atoms. The second kappa shape index (κ2) is 3.47. The molecule has 3 nitrogen and oxygen atoms in total. The molecule has 0 aliphatic heterocycles. The van der Waals surface area contributed by atoms with Crippen LogP contribution in [0.1, 0.15) is 56.2 Å². The van der Waals surface area contributed by atoms with Gasteiger partial charge in [-0.3, -0.25) is 9.36 Å². The molecule has 0 saturated heterocycles. The van der Waals surface area contributed by atoms with E-state index in [2.05, 4.69) is 4.98 Å². The van der Waals surface area contributed by atoms with Crippen LogP contribution in [0.5, 0.6) is 0 Å². The van der Waals surface area contributed by atoms with Crippen LogP contribution in [0.2, 0.25) is 0 Å². The van der Waals surface area contributed by atoms with Gasteiger partial charge in [-0.1, -0.05) is 6.42 Å². The zero-order chi connectivity index (χ0) is 10.3. The first kappa shape index (κ1) is 9.13. The fourth-order valence-electron chi connectivity index (χ4n) is 2.29. The smallest absolute Gasteiger partial charge is 0.253 e. The van der Waals surface area contributed by atoms with Gasteiger partial charge in [0, 0.05) is 18.0 Å². The summed E-state index contributed by atoms with van der Waals surface area (Å²) in [6, 6.07) is 2.18. The zero-order valence-corrected chi connectivity index (χ0v) is 8.85. The van der Waals surface area contributed by atoms with E-state index in [4.69, 9.17) is 0 Å². The quantitative estimate of drug-likeness (QED) is 0.740. The van der Waals surface area contributed by atoms with Crippen LogP contribution >= 0.6 is 0 Å². The highest BCUT2D eigenvalue weighted by Crippen LogP contribution is 2.35. The Kier molecular flexibility index (Phi) is 2.11. The Morgan fingerprint density at radius 3 is 2.40 bits per heavy atom. The molecule has 1 heterocycles. The summed E-state index contributed by atoms with van der Waals surface area (Å²) >= 11 is 0. The lowest BCUT2D eigenvalue weighted by Crippen LogP contribution is -2.29. The molecule has 15 heavy (non-hydrogen) atoms. The molecule has 1 aromatic heterocycles. The van der Waals surface area contributed by atoms with Crippen molar-refractivity contribution >= 4 is 0 Å². The molecule has 0 atom stereocenters. The Labute approximate surface area is 89.2 Å². The summed E-state index contributed by atoms with van der Waals surface area (Å²) in [5, 5.41) is 0. The minimum absolute atomic E-state index is 0.150. The number of hydrogen-bond donors (Lipinski definition) is 0. The predicted molar refractivity (Wildman–Crippen MR) is 58.0 cm³/mol. The van der Waals surface area contributed by atoms with Crippen molar-refractivity contribution in [1.82, 2.24) is 9.55 Å². The normalized spacial score (nSPS) is 22.1. The number of aromatic nitrogens is 2. The van der Waals surface area contributed by atoms with Gasteiger partial charge in [0.1, 0.15) is 0 Å². The molecule has 3 heteroatoms. The van der Waals surface area contributed by atoms with Gasteiger partial charge in [0.05, 0.1) is 12.0 Å². The van der Waals surface area contributed by atoms with Crippen molar-refractivity contribution in [3.05, 3.63) is 28.4 Å². The van der Waals surface area contributed by atoms with Crippen LogP contribution in [0.3, 0.4) is 0 Å². The molecule has 2 aliphatic rings. The summed E-state index contributed by atoms with van der Waals surface area (Å²) in [4.78, 5) is 16.3. The molecule has 80 valence electrons. The fourth-order valence-corrected chi connectivity index (χ4v) is 2.29. The molecule has 0 radical (unpaired) electrons. The lowest BCUT2D eigenvalue weighted by molar-refractivity contribution is 0.301. The minimum atomic E-state index is 0.150. The fraction of sp³-hybridized carbons (Fsp3) is 0.667. The van der Waals surface area contributed by atoms with E-state index in [0.29, 0.717) is 12.0 Å². The highest BCUT2D eigenvalue weighted by atomic mass is 16.1. The average Bonchev–Trinajstić information content (AvgIpc) is 2.03. The molecule has 1 aromatic rings. The van der Waals surface area contributed by atoms with Crippen molar-refractivity contribution in [3.8, 4) is 0 Å². The summed E-state index contributed by atoms with van der Waals surface area (Å²) in [5.74, 6) is 0.564. The van der Waals surface area contributed by atoms with E-state index in [1.807, 2.05) is 4.57 Å². The van der Waals surface area contributed by atoms with Gasteiger partial charge in [0.2, 0.25) is 0 Å². The highest BCUT2D eigenvalue weighted by molar-refractivity contribution is 5.10. The maximum Gasteiger partial charge on any atom is 0.253 e. The maximum atomic E-state index is 11.8. The number of rotatable bonds is 2. The molecule has 0 aromatic carbocycles. The molecule has 0 N–H and O–H groups in total. The van der Waals surface area contributed by atoms with Crippen LogP contribution in [0.4, 0.5) is 0 Å². The standard InChI is InChI=1S/C12H16N2O/c15-12-7-11(9-3-1-4-9)13-8-14(12)10-5-2-6-10/h7-10H,1-6H2. The predicted octanol–water partition coefficient (Wildman–Crippen LogP) is 2.24. The van der Waals surface area contributed by atoms with Gasteiger partial charge in [-0.2, -0.15) is 0 Å². The lowest BCUT2D eigenvalue weighted by Gasteiger charge is -2.28. The second-order valence-electron chi connectivity index (χ2n) is 4.77. The van der Waals surface area contributed by atoms with Gasteiger partial charge < -0.3 is 0 Å². The zero-order valence-electron chi connectivity index (χ0n) is 8.85. The summed E-state index contributed by atoms with van der Waals surface area (Å²) in [5.41, 5.74) is 1.17. The second-order valence-corrected chi connectivity index (χ2v) is 4.77. The van der Waals surface area contributed by atoms with Gasteiger partial charge in [0.25, 0.3) is 5.56 Å². The summed E-state index contributed by atoms with van der Waals surface area (Å²) in [7, 11) is 0. The highest BCUT2D eigenvalue weighted by Gasteiger charge is 2.24. The van der Waals surface area contributed by atoms with Crippen molar-refractivity contribution in [3.63, 3.8) is 0 Å². The summed E-state index contributed by atoms with van der Waals surface area (Å²) in [6.07, 6.45) is 9.01. The molecule has 0 spiro atoms. The Balaban J connectivity index is 1.88. The first-order chi connectivity index (χ1) is 7.34. The van der Waals surface area contributed by atoms with E-state index < -0.39 is 0 Å². The maximum absolute atomic E-state index is 11.8. The number of hydrogen-bond acceptors (Lipinski definition) is 2. The van der Waals surface area contributed by atoms with Crippen LogP contribution in [0, 0.1) is 0 Å². The molecule has 0 amide bonds. The molecular weight excluding hydrogens is 188 g/mol. The third-order valence-electron chi connectivity index (χ3n) is 3.85. The Morgan fingerprint density at radius 1 is 1.20 bits per heavy atom. The van der Waals surface area contributed by atoms with E-state index >= 15 is 0 Å². The molecule has 0 unspecified atom stereocenters. The summed E-state index contributed by atoms with van der Waals surface area (Å²) in [6.45, 7) is 0. The van der Waals surface area contributed by atoms with E-state index in [0.717, 1.165) is 18.5 Å². The van der Waals surface area contributed by atoms with E-state index in [1.54, 1.807) is 12.4 Å². The SMILES string of the molecule is O=c1cc(C2CCC2)ncn1C1CCC1. The van der Waals surface area contributed by atoms with Gasteiger partial charge >= 0.3 is 0 Å². The molecule has 2 saturated carbocycles. The molecular formula is C12H16N2O. The molecule has 2 aliphatic carbocycles. The van der Waals surface area contributed by atoms with E-state index in [-0.39, 0.29) is 5.56 Å². The van der Waals surface area contributed by atoms with E-state index in [1.165, 1.54) is 25.7 Å². The van der Waals surface area contributed by atoms with Crippen LogP contribution in [-0.4, -0.2) is 9.55 Å². The van der Waals surface area contributed by atoms with Crippen molar-refractivity contribution in [2.24, 2.45) is 0 Å². The lowest BCUT2D eigenvalue weighted by atomic mass is 9.83. The van der Waals surface area contributed by atoms with Gasteiger partial charge in [0.15, 0.2) is 0 Å². The van der Waals surface area contributed by atoms with Crippen LogP contribution in [0.15, 0.2) is 17.2 Å². The third-order valence-corrected chi connectivity index (χ3v) is 3.85. The van der Waals surface area contributed by atoms with Crippen LogP contribution in [-0.2, 0) is 0 Å². The van der Waals surface area contributed by atoms with E-state index in [9.17, 15) is 4.79 Å². The van der Waals surface area contributed by atoms with Crippen molar-refractivity contribution in [2.45, 2.75) is 50.5 Å². The Hall–Kier alpha value is -1.12. The summed E-state index contributed by atoms with van der Waals surface area (Å²) < 4.78 is 1.81. The Bertz CT molecular complexity index is 416. The van der Waals surface area contributed by atoms with Gasteiger partial charge in [-0.05, 0) is 32.1 Å². The molecule has 2 fully saturated rings. The monoisotopic (exact) mass is 204 g/mol. The van der Waals surface area contributed by atoms with Gasteiger partial charge in [-0.25, -0.2) is 4.98 Å². The topological polar surface area (TPSA) is 34.9 Å². The van der Waals surface area contributed by atoms with Crippen molar-refractivity contribution < 1.29 is 0 Å². The first-order valence-corrected chi connectivity index (χ1v) is 5.92. The first-order valence-electron chi connectivity index (χ1n) is 5.92.